The Labute approximate surface area is 465 Å². The third kappa shape index (κ3) is 20.1. The molecule has 0 radical (unpaired) electrons. The zero-order chi connectivity index (χ0) is 39.8. The normalized spacial score (nSPS) is 10.5. The Balaban J connectivity index is -0.000000390. The molecule has 0 aliphatic carbocycles. The molecule has 23 heteroatoms. The predicted octanol–water partition coefficient (Wildman–Crippen LogP) is 8.24. The predicted molar refractivity (Wildman–Crippen MR) is 202 cm³/mol. The summed E-state index contributed by atoms with van der Waals surface area (Å²) in [7, 11) is 13.3. The molecule has 56 heavy (non-hydrogen) atoms. The number of nitrogens with one attached hydrogen (secondary N) is 2. The van der Waals surface area contributed by atoms with Crippen LogP contribution < -0.4 is 39.0 Å². The standard InChI is InChI=1S/C19H24N2O2.C14H18N2O4P2.4Ar.BF4.ClH.Ru/c1-13(2)18(20)19(21,14-5-9-16(22-3)10-6-14)15-7-11-17(23-4)12-8-15;1-17-9-5-7(21)11(13(15-9)19-3)12-8(22)6-10(18-2)16-14(12)20-4;;;;;2-1(3,4)5;;/h5-13,18,20-21H,1-4H3;5-6H,21-22H2,1-4H3;;;;;;1H;/q-2;;;;;;-1;;+4/p-1/t18-;;;;;;;;/m0......../s1. The van der Waals surface area contributed by atoms with E-state index in [9.17, 15) is 17.3 Å². The minimum absolute atomic E-state index is 0. The monoisotopic (exact) mass is 1040 g/mol. The van der Waals surface area contributed by atoms with Crippen LogP contribution in [0.25, 0.3) is 22.6 Å². The molecule has 0 saturated heterocycles. The summed E-state index contributed by atoms with van der Waals surface area (Å²) in [6, 6.07) is 17.9. The van der Waals surface area contributed by atoms with Gasteiger partial charge < -0.3 is 57.2 Å². The van der Waals surface area contributed by atoms with Crippen molar-refractivity contribution in [3.05, 3.63) is 83.3 Å². The number of rotatable bonds is 11. The molecule has 0 aliphatic heterocycles. The fourth-order valence-electron chi connectivity index (χ4n) is 4.77. The molecule has 4 aromatic rings. The van der Waals surface area contributed by atoms with Gasteiger partial charge in [-0.15, -0.1) is 24.5 Å². The van der Waals surface area contributed by atoms with Crippen LogP contribution >= 0.6 is 28.2 Å². The summed E-state index contributed by atoms with van der Waals surface area (Å²) in [5.41, 5.74) is 19.7. The van der Waals surface area contributed by atoms with Crippen molar-refractivity contribution in [3.63, 3.8) is 0 Å². The van der Waals surface area contributed by atoms with Gasteiger partial charge in [0.2, 0.25) is 23.5 Å². The molecule has 10 nitrogen and oxygen atoms in total. The number of aromatic nitrogens is 2. The molecule has 0 saturated carbocycles. The second-order valence-corrected chi connectivity index (χ2v) is 12.0. The number of hydrogen-bond acceptors (Lipinski definition) is 8. The van der Waals surface area contributed by atoms with Crippen molar-refractivity contribution in [1.82, 2.24) is 9.97 Å². The maximum atomic E-state index is 9.75. The molecule has 3 atom stereocenters. The number of pyridine rings is 2. The van der Waals surface area contributed by atoms with E-state index in [1.54, 1.807) is 54.8 Å². The number of benzene rings is 2. The van der Waals surface area contributed by atoms with E-state index < -0.39 is 18.8 Å². The Morgan fingerprint density at radius 3 is 1.12 bits per heavy atom. The first kappa shape index (κ1) is 64.7. The molecular weight excluding hydrogens is 993 g/mol. The first-order valence-electron chi connectivity index (χ1n) is 15.0. The number of nitrogens with zero attached hydrogens (tertiary/aromatic N) is 2. The van der Waals surface area contributed by atoms with Gasteiger partial charge in [0.25, 0.3) is 0 Å². The zero-order valence-electron chi connectivity index (χ0n) is 31.2. The first-order valence-corrected chi connectivity index (χ1v) is 18.4. The van der Waals surface area contributed by atoms with E-state index in [4.69, 9.17) is 39.9 Å². The van der Waals surface area contributed by atoms with Gasteiger partial charge in [-0.3, -0.25) is 0 Å². The molecule has 2 aromatic carbocycles. The topological polar surface area (TPSA) is 129 Å². The van der Waals surface area contributed by atoms with E-state index in [2.05, 4.69) is 38.1 Å². The molecule has 318 valence electrons. The Hall–Kier alpha value is 2.06. The van der Waals surface area contributed by atoms with Crippen molar-refractivity contribution in [1.29, 1.82) is 0 Å². The van der Waals surface area contributed by atoms with Crippen LogP contribution in [0.5, 0.6) is 35.0 Å². The minimum atomic E-state index is -6.00. The van der Waals surface area contributed by atoms with Gasteiger partial charge in [0.05, 0.1) is 53.8 Å². The molecule has 2 unspecified atom stereocenters. The van der Waals surface area contributed by atoms with Crippen LogP contribution in [0.2, 0.25) is 0 Å². The molecule has 0 spiro atoms. The molecule has 0 bridgehead atoms. The fraction of sp³-hybridized carbons (Fsp3) is 0.333. The third-order valence-corrected chi connectivity index (χ3v) is 8.18. The summed E-state index contributed by atoms with van der Waals surface area (Å²) >= 11 is 1.82. The van der Waals surface area contributed by atoms with Crippen molar-refractivity contribution in [2.24, 2.45) is 5.92 Å². The Morgan fingerprint density at radius 2 is 0.911 bits per heavy atom. The molecule has 2 aromatic heterocycles. The molecule has 0 amide bonds. The van der Waals surface area contributed by atoms with Crippen molar-refractivity contribution in [3.8, 4) is 46.1 Å². The summed E-state index contributed by atoms with van der Waals surface area (Å²) in [5.74, 6) is 3.34. The van der Waals surface area contributed by atoms with Crippen LogP contribution in [0, 0.1) is 157 Å². The average Bonchev–Trinajstić information content (AvgIpc) is 3.14. The number of ether oxygens (including phenoxy) is 6. The Bertz CT molecular complexity index is 1590. The molecule has 0 fully saturated rings. The quantitative estimate of drug-likeness (QED) is 0.0836. The number of hydrogen-bond donors (Lipinski definition) is 0. The van der Waals surface area contributed by atoms with E-state index in [0.717, 1.165) is 44.4 Å². The van der Waals surface area contributed by atoms with Gasteiger partial charge in [0.15, 0.2) is 0 Å². The summed E-state index contributed by atoms with van der Waals surface area (Å²) in [5, 5.41) is 1.72. The van der Waals surface area contributed by atoms with Gasteiger partial charge in [-0.1, -0.05) is 60.7 Å². The van der Waals surface area contributed by atoms with E-state index >= 15 is 0 Å². The molecule has 2 heterocycles. The first-order chi connectivity index (χ1) is 24.5. The molecule has 0 aliphatic rings. The molecule has 2 N–H and O–H groups in total. The van der Waals surface area contributed by atoms with Crippen LogP contribution in [0.15, 0.2) is 60.7 Å². The van der Waals surface area contributed by atoms with Gasteiger partial charge in [-0.25, -0.2) is 0 Å². The van der Waals surface area contributed by atoms with Gasteiger partial charge in [-0.2, -0.15) is 9.97 Å². The van der Waals surface area contributed by atoms with E-state index in [0.29, 0.717) is 23.5 Å². The van der Waals surface area contributed by atoms with E-state index in [-0.39, 0.29) is 157 Å². The van der Waals surface area contributed by atoms with Crippen LogP contribution in [-0.4, -0.2) is 65.9 Å². The summed E-state index contributed by atoms with van der Waals surface area (Å²) in [4.78, 5) is 8.65. The summed E-state index contributed by atoms with van der Waals surface area (Å²) in [6.45, 7) is 3.96. The van der Waals surface area contributed by atoms with Crippen molar-refractivity contribution in [2.45, 2.75) is 25.4 Å². The van der Waals surface area contributed by atoms with Gasteiger partial charge in [-0.05, 0) is 34.9 Å². The Morgan fingerprint density at radius 1 is 0.625 bits per heavy atom. The van der Waals surface area contributed by atoms with E-state index in [1.807, 2.05) is 79.7 Å². The molecular formula is C33H42Ar4BClF4N4O6P2Ru. The van der Waals surface area contributed by atoms with Crippen LogP contribution in [0.1, 0.15) is 25.0 Å². The van der Waals surface area contributed by atoms with Crippen LogP contribution in [-0.2, 0) is 22.9 Å². The summed E-state index contributed by atoms with van der Waals surface area (Å²) < 4.78 is 70.6. The second kappa shape index (κ2) is 32.7. The average molecular weight is 1040 g/mol. The van der Waals surface area contributed by atoms with Gasteiger partial charge >= 0.3 is 34.3 Å². The third-order valence-electron chi connectivity index (χ3n) is 7.27. The summed E-state index contributed by atoms with van der Waals surface area (Å²) in [6.07, 6.45) is 0. The number of halogens is 5. The van der Waals surface area contributed by atoms with E-state index in [1.165, 1.54) is 0 Å². The van der Waals surface area contributed by atoms with Crippen molar-refractivity contribution < 1.29 is 214 Å². The van der Waals surface area contributed by atoms with Crippen LogP contribution in [0.3, 0.4) is 0 Å². The SMILES string of the molecule is COc1cc(P)c(-c2c(P)cc(OC)nc2OC)c(OC)n1.COc1ccc(C([NH-])(c2ccc(OC)cc2)[C@@H]([NH-])C(C)C)cc1.F[B-](F)(F)F.[Ar].[Ar].[Ar].[Ar].[Cl][Ru+3]. The molecule has 4 rings (SSSR count). The zero-order valence-corrected chi connectivity index (χ0v) is 38.8. The van der Waals surface area contributed by atoms with Crippen molar-refractivity contribution >= 4 is 46.0 Å². The van der Waals surface area contributed by atoms with Crippen molar-refractivity contribution in [2.75, 3.05) is 42.7 Å². The van der Waals surface area contributed by atoms with Gasteiger partial charge in [0.1, 0.15) is 11.5 Å². The van der Waals surface area contributed by atoms with Crippen LogP contribution in [0.4, 0.5) is 17.3 Å². The number of methoxy groups -OCH3 is 6. The van der Waals surface area contributed by atoms with Gasteiger partial charge in [0, 0.05) is 163 Å². The maximum absolute atomic E-state index is 9.75. The second-order valence-electron chi connectivity index (χ2n) is 10.8. The Kier molecular flexibility index (Phi) is 37.8. The fourth-order valence-corrected chi connectivity index (χ4v) is 5.60.